The van der Waals surface area contributed by atoms with Gasteiger partial charge < -0.3 is 19.3 Å². The number of nitro groups is 1. The van der Waals surface area contributed by atoms with Crippen LogP contribution in [0.5, 0.6) is 17.2 Å². The molecule has 0 aliphatic carbocycles. The third-order valence-electron chi connectivity index (χ3n) is 6.06. The molecule has 10 nitrogen and oxygen atoms in total. The number of non-ortho nitro benzene ring substituents is 1. The molecule has 3 aromatic rings. The van der Waals surface area contributed by atoms with E-state index in [1.807, 2.05) is 13.0 Å². The van der Waals surface area contributed by atoms with Gasteiger partial charge >= 0.3 is 0 Å². The Bertz CT molecular complexity index is 1420. The number of ketones is 1. The molecule has 1 atom stereocenters. The van der Waals surface area contributed by atoms with E-state index in [9.17, 15) is 24.8 Å². The number of nitrogens with zero attached hydrogens (tertiary/aromatic N) is 2. The van der Waals surface area contributed by atoms with Crippen LogP contribution in [-0.4, -0.2) is 43.0 Å². The first-order valence-corrected chi connectivity index (χ1v) is 11.1. The molecule has 0 aromatic heterocycles. The molecule has 0 spiro atoms. The van der Waals surface area contributed by atoms with Crippen molar-refractivity contribution in [1.29, 1.82) is 0 Å². The number of hydrogen-bond donors (Lipinski definition) is 1. The van der Waals surface area contributed by atoms with Gasteiger partial charge in [-0.3, -0.25) is 24.6 Å². The Morgan fingerprint density at radius 1 is 0.946 bits per heavy atom. The van der Waals surface area contributed by atoms with E-state index >= 15 is 0 Å². The van der Waals surface area contributed by atoms with Crippen LogP contribution in [0.15, 0.2) is 66.2 Å². The highest BCUT2D eigenvalue weighted by atomic mass is 16.6. The zero-order valence-electron chi connectivity index (χ0n) is 20.6. The Morgan fingerprint density at radius 3 is 2.16 bits per heavy atom. The predicted molar refractivity (Wildman–Crippen MR) is 135 cm³/mol. The van der Waals surface area contributed by atoms with Crippen LogP contribution in [0.3, 0.4) is 0 Å². The number of ether oxygens (including phenoxy) is 3. The van der Waals surface area contributed by atoms with E-state index in [4.69, 9.17) is 14.2 Å². The normalized spacial score (nSPS) is 16.5. The van der Waals surface area contributed by atoms with Gasteiger partial charge in [-0.05, 0) is 42.3 Å². The Kier molecular flexibility index (Phi) is 6.83. The second-order valence-electron chi connectivity index (χ2n) is 8.27. The highest BCUT2D eigenvalue weighted by Gasteiger charge is 2.47. The summed E-state index contributed by atoms with van der Waals surface area (Å²) in [5.74, 6) is -1.49. The van der Waals surface area contributed by atoms with Crippen LogP contribution in [0.25, 0.3) is 5.76 Å². The molecule has 1 saturated heterocycles. The number of nitro benzene ring substituents is 1. The Labute approximate surface area is 212 Å². The zero-order valence-corrected chi connectivity index (χ0v) is 20.6. The molecule has 1 unspecified atom stereocenters. The number of carbonyl (C=O) groups is 2. The topological polar surface area (TPSA) is 128 Å². The van der Waals surface area contributed by atoms with Gasteiger partial charge in [-0.25, -0.2) is 0 Å². The van der Waals surface area contributed by atoms with E-state index < -0.39 is 28.4 Å². The molecule has 0 radical (unpaired) electrons. The fraction of sp³-hybridized carbons (Fsp3) is 0.185. The lowest BCUT2D eigenvalue weighted by molar-refractivity contribution is -0.384. The van der Waals surface area contributed by atoms with Crippen LogP contribution < -0.4 is 19.1 Å². The maximum Gasteiger partial charge on any atom is 0.300 e. The third-order valence-corrected chi connectivity index (χ3v) is 6.06. The van der Waals surface area contributed by atoms with Crippen LogP contribution in [0, 0.1) is 17.0 Å². The molecule has 3 aromatic carbocycles. The molecular formula is C27H24N2O8. The van der Waals surface area contributed by atoms with Crippen molar-refractivity contribution >= 4 is 28.8 Å². The number of anilines is 1. The van der Waals surface area contributed by atoms with E-state index in [1.54, 1.807) is 30.3 Å². The van der Waals surface area contributed by atoms with Crippen molar-refractivity contribution in [2.24, 2.45) is 0 Å². The Morgan fingerprint density at radius 2 is 1.59 bits per heavy atom. The Hall–Kier alpha value is -4.86. The quantitative estimate of drug-likeness (QED) is 0.163. The van der Waals surface area contributed by atoms with Gasteiger partial charge in [0.05, 0.1) is 37.9 Å². The van der Waals surface area contributed by atoms with Gasteiger partial charge in [0.1, 0.15) is 5.76 Å². The predicted octanol–water partition coefficient (Wildman–Crippen LogP) is 4.56. The number of rotatable bonds is 7. The van der Waals surface area contributed by atoms with Gasteiger partial charge in [-0.1, -0.05) is 24.3 Å². The molecule has 1 amide bonds. The van der Waals surface area contributed by atoms with Crippen molar-refractivity contribution < 1.29 is 33.8 Å². The molecule has 37 heavy (non-hydrogen) atoms. The maximum atomic E-state index is 13.4. The standard InChI is InChI=1S/C27H24N2O8/c1-15-7-5-9-18(11-15)28-23(17-13-20(35-2)26(37-4)21(14-17)36-3)22(25(31)27(28)32)24(30)16-8-6-10-19(12-16)29(33)34/h5-14,23,30H,1-4H3/b24-22+. The molecule has 190 valence electrons. The number of aliphatic hydroxyl groups excluding tert-OH is 1. The van der Waals surface area contributed by atoms with Crippen LogP contribution in [0.4, 0.5) is 11.4 Å². The summed E-state index contributed by atoms with van der Waals surface area (Å²) >= 11 is 0. The number of Topliss-reactive ketones (excluding diaryl/α,β-unsaturated/α-hetero) is 1. The molecule has 1 N–H and O–H groups in total. The molecule has 1 aliphatic heterocycles. The Balaban J connectivity index is 2.03. The summed E-state index contributed by atoms with van der Waals surface area (Å²) in [5, 5.41) is 22.6. The van der Waals surface area contributed by atoms with E-state index in [0.29, 0.717) is 17.0 Å². The SMILES string of the molecule is COc1cc(C2/C(=C(\O)c3cccc([N+](=O)[O-])c3)C(=O)C(=O)N2c2cccc(C)c2)cc(OC)c1OC. The summed E-state index contributed by atoms with van der Waals surface area (Å²) < 4.78 is 16.3. The summed E-state index contributed by atoms with van der Waals surface area (Å²) in [4.78, 5) is 38.8. The number of aliphatic hydroxyl groups is 1. The number of methoxy groups -OCH3 is 3. The summed E-state index contributed by atoms with van der Waals surface area (Å²) in [7, 11) is 4.31. The fourth-order valence-electron chi connectivity index (χ4n) is 4.37. The number of aryl methyl sites for hydroxylation is 1. The second kappa shape index (κ2) is 10.0. The average Bonchev–Trinajstić information content (AvgIpc) is 3.17. The van der Waals surface area contributed by atoms with Gasteiger partial charge in [0.25, 0.3) is 17.4 Å². The molecule has 10 heteroatoms. The van der Waals surface area contributed by atoms with Gasteiger partial charge in [0.15, 0.2) is 11.5 Å². The highest BCUT2D eigenvalue weighted by molar-refractivity contribution is 6.51. The van der Waals surface area contributed by atoms with Gasteiger partial charge in [0.2, 0.25) is 5.75 Å². The van der Waals surface area contributed by atoms with Crippen molar-refractivity contribution in [3.05, 3.63) is 93.0 Å². The number of hydrogen-bond acceptors (Lipinski definition) is 8. The lowest BCUT2D eigenvalue weighted by Crippen LogP contribution is -2.29. The van der Waals surface area contributed by atoms with Gasteiger partial charge in [-0.2, -0.15) is 0 Å². The van der Waals surface area contributed by atoms with Gasteiger partial charge in [0, 0.05) is 23.4 Å². The molecule has 0 bridgehead atoms. The van der Waals surface area contributed by atoms with Crippen LogP contribution >= 0.6 is 0 Å². The summed E-state index contributed by atoms with van der Waals surface area (Å²) in [5.41, 5.74) is 1.18. The van der Waals surface area contributed by atoms with E-state index in [0.717, 1.165) is 11.6 Å². The minimum absolute atomic E-state index is 0.0221. The zero-order chi connectivity index (χ0) is 26.9. The van der Waals surface area contributed by atoms with E-state index in [-0.39, 0.29) is 28.3 Å². The van der Waals surface area contributed by atoms with Crippen LogP contribution in [0.2, 0.25) is 0 Å². The van der Waals surface area contributed by atoms with E-state index in [2.05, 4.69) is 0 Å². The summed E-state index contributed by atoms with van der Waals surface area (Å²) in [6.45, 7) is 1.84. The molecule has 1 heterocycles. The first-order chi connectivity index (χ1) is 17.7. The van der Waals surface area contributed by atoms with Crippen molar-refractivity contribution in [2.45, 2.75) is 13.0 Å². The third kappa shape index (κ3) is 4.44. The minimum atomic E-state index is -1.10. The van der Waals surface area contributed by atoms with Crippen LogP contribution in [-0.2, 0) is 9.59 Å². The van der Waals surface area contributed by atoms with E-state index in [1.165, 1.54) is 44.4 Å². The molecule has 1 fully saturated rings. The summed E-state index contributed by atoms with van der Waals surface area (Å²) in [6.07, 6.45) is 0. The fourth-order valence-corrected chi connectivity index (χ4v) is 4.37. The van der Waals surface area contributed by atoms with Crippen LogP contribution in [0.1, 0.15) is 22.7 Å². The second-order valence-corrected chi connectivity index (χ2v) is 8.27. The highest BCUT2D eigenvalue weighted by Crippen LogP contribution is 2.47. The van der Waals surface area contributed by atoms with Crippen molar-refractivity contribution in [3.63, 3.8) is 0 Å². The number of amides is 1. The first kappa shape index (κ1) is 25.2. The minimum Gasteiger partial charge on any atom is -0.507 e. The smallest absolute Gasteiger partial charge is 0.300 e. The number of carbonyl (C=O) groups excluding carboxylic acids is 2. The molecule has 0 saturated carbocycles. The molecule has 4 rings (SSSR count). The number of benzene rings is 3. The average molecular weight is 504 g/mol. The lowest BCUT2D eigenvalue weighted by atomic mass is 9.94. The largest absolute Gasteiger partial charge is 0.507 e. The maximum absolute atomic E-state index is 13.4. The van der Waals surface area contributed by atoms with Crippen molar-refractivity contribution in [1.82, 2.24) is 0 Å². The first-order valence-electron chi connectivity index (χ1n) is 11.1. The van der Waals surface area contributed by atoms with Crippen molar-refractivity contribution in [3.8, 4) is 17.2 Å². The van der Waals surface area contributed by atoms with Gasteiger partial charge in [-0.15, -0.1) is 0 Å². The molecular weight excluding hydrogens is 480 g/mol. The monoisotopic (exact) mass is 504 g/mol. The molecule has 1 aliphatic rings. The summed E-state index contributed by atoms with van der Waals surface area (Å²) in [6, 6.07) is 14.3. The van der Waals surface area contributed by atoms with Crippen molar-refractivity contribution in [2.75, 3.05) is 26.2 Å². The lowest BCUT2D eigenvalue weighted by Gasteiger charge is -2.27.